The first-order valence-electron chi connectivity index (χ1n) is 12.4. The van der Waals surface area contributed by atoms with Crippen molar-refractivity contribution in [1.29, 1.82) is 0 Å². The van der Waals surface area contributed by atoms with E-state index in [1.165, 1.54) is 30.5 Å². The van der Waals surface area contributed by atoms with E-state index in [0.717, 1.165) is 33.5 Å². The van der Waals surface area contributed by atoms with Crippen LogP contribution in [-0.2, 0) is 30.5 Å². The molecule has 5 nitrogen and oxygen atoms in total. The van der Waals surface area contributed by atoms with E-state index in [2.05, 4.69) is 93.1 Å². The molecule has 0 atom stereocenters. The molecular weight excluding hydrogens is 669 g/mol. The van der Waals surface area contributed by atoms with Gasteiger partial charge in [-0.15, -0.1) is 28.8 Å². The molecule has 2 heterocycles. The van der Waals surface area contributed by atoms with Gasteiger partial charge in [0.2, 0.25) is 0 Å². The molecule has 5 rings (SSSR count). The van der Waals surface area contributed by atoms with Crippen molar-refractivity contribution in [3.63, 3.8) is 0 Å². The molecule has 0 bridgehead atoms. The minimum atomic E-state index is -1.57. The van der Waals surface area contributed by atoms with Gasteiger partial charge in [0.05, 0.1) is 25.9 Å². The summed E-state index contributed by atoms with van der Waals surface area (Å²) in [5, 5.41) is 12.2. The number of fused-ring (bicyclic) bond motifs is 4. The van der Waals surface area contributed by atoms with E-state index in [1.54, 1.807) is 0 Å². The molecule has 0 spiro atoms. The summed E-state index contributed by atoms with van der Waals surface area (Å²) in [4.78, 5) is 19.7. The van der Waals surface area contributed by atoms with Crippen LogP contribution in [0.4, 0.5) is 0 Å². The summed E-state index contributed by atoms with van der Waals surface area (Å²) in [6, 6.07) is 22.6. The quantitative estimate of drug-likeness (QED) is 0.108. The zero-order valence-corrected chi connectivity index (χ0v) is 26.2. The standard InChI is InChI=1S/C26H25N2OSi.C5H8O2.Ir/c1-26(2)21-13-9-8-12-20(21)24-22(29-26)16-27-25(28-24)18-14-17-10-6-7-11-19(17)23(15-18)30(3,4)5;1-4(6)3-5(2)7;/h6-13,15-16H,1-5H3;3,6H,1-2H3;/q-1;;/b;4-3-;. The minimum Gasteiger partial charge on any atom is -0.512 e. The van der Waals surface area contributed by atoms with Crippen LogP contribution < -0.4 is 9.92 Å². The molecule has 1 aromatic heterocycles. The van der Waals surface area contributed by atoms with Gasteiger partial charge in [-0.2, -0.15) is 0 Å². The molecule has 4 aromatic rings. The van der Waals surface area contributed by atoms with Crippen molar-refractivity contribution >= 4 is 29.8 Å². The second kappa shape index (κ2) is 11.3. The third kappa shape index (κ3) is 6.29. The number of carbonyl (C=O) groups is 1. The van der Waals surface area contributed by atoms with Gasteiger partial charge >= 0.3 is 0 Å². The first kappa shape index (κ1) is 29.4. The van der Waals surface area contributed by atoms with Crippen LogP contribution in [0.25, 0.3) is 33.4 Å². The van der Waals surface area contributed by atoms with Crippen molar-refractivity contribution in [1.82, 2.24) is 9.97 Å². The molecule has 1 aliphatic rings. The predicted octanol–water partition coefficient (Wildman–Crippen LogP) is 6.97. The van der Waals surface area contributed by atoms with Gasteiger partial charge < -0.3 is 9.84 Å². The molecule has 1 aliphatic heterocycles. The van der Waals surface area contributed by atoms with E-state index in [-0.39, 0.29) is 31.6 Å². The van der Waals surface area contributed by atoms with Crippen molar-refractivity contribution in [3.05, 3.63) is 84.3 Å². The molecule has 38 heavy (non-hydrogen) atoms. The second-order valence-corrected chi connectivity index (χ2v) is 15.9. The largest absolute Gasteiger partial charge is 0.512 e. The number of aromatic nitrogens is 2. The van der Waals surface area contributed by atoms with Crippen LogP contribution in [0, 0.1) is 6.07 Å². The van der Waals surface area contributed by atoms with Gasteiger partial charge in [0.15, 0.2) is 11.5 Å². The monoisotopic (exact) mass is 702 g/mol. The van der Waals surface area contributed by atoms with Crippen LogP contribution in [0.1, 0.15) is 33.3 Å². The number of hydrogen-bond donors (Lipinski definition) is 1. The number of aliphatic hydroxyl groups excluding tert-OH is 1. The summed E-state index contributed by atoms with van der Waals surface area (Å²) in [6.07, 6.45) is 2.98. The fourth-order valence-corrected chi connectivity index (χ4v) is 6.18. The Hall–Kier alpha value is -3.12. The maximum Gasteiger partial charge on any atom is 0.163 e. The number of aliphatic hydroxyl groups is 1. The van der Waals surface area contributed by atoms with Crippen molar-refractivity contribution in [2.75, 3.05) is 0 Å². The number of hydrogen-bond acceptors (Lipinski definition) is 5. The third-order valence-corrected chi connectivity index (χ3v) is 8.22. The number of ether oxygens (including phenoxy) is 1. The average Bonchev–Trinajstić information content (AvgIpc) is 2.82. The van der Waals surface area contributed by atoms with Gasteiger partial charge in [-0.3, -0.25) is 14.8 Å². The van der Waals surface area contributed by atoms with E-state index in [9.17, 15) is 4.79 Å². The van der Waals surface area contributed by atoms with Crippen LogP contribution in [0.15, 0.2) is 72.6 Å². The van der Waals surface area contributed by atoms with Crippen LogP contribution in [0.5, 0.6) is 5.75 Å². The van der Waals surface area contributed by atoms with Crippen molar-refractivity contribution in [2.24, 2.45) is 0 Å². The van der Waals surface area contributed by atoms with Crippen LogP contribution in [-0.4, -0.2) is 28.9 Å². The summed E-state index contributed by atoms with van der Waals surface area (Å²) >= 11 is 0. The molecule has 0 unspecified atom stereocenters. The van der Waals surface area contributed by atoms with Crippen molar-refractivity contribution in [3.8, 4) is 28.4 Å². The van der Waals surface area contributed by atoms with E-state index in [0.29, 0.717) is 5.82 Å². The zero-order valence-electron chi connectivity index (χ0n) is 22.8. The van der Waals surface area contributed by atoms with Gasteiger partial charge in [0.1, 0.15) is 11.3 Å². The normalized spacial score (nSPS) is 13.7. The second-order valence-electron chi connectivity index (χ2n) is 10.9. The topological polar surface area (TPSA) is 72.3 Å². The molecule has 0 fully saturated rings. The molecule has 199 valence electrons. The first-order valence-corrected chi connectivity index (χ1v) is 15.9. The Labute approximate surface area is 239 Å². The molecule has 0 saturated carbocycles. The molecule has 1 N–H and O–H groups in total. The first-order chi connectivity index (χ1) is 17.4. The maximum atomic E-state index is 10.0. The zero-order chi connectivity index (χ0) is 27.0. The number of benzene rings is 3. The Morgan fingerprint density at radius 2 is 1.71 bits per heavy atom. The summed E-state index contributed by atoms with van der Waals surface area (Å²) in [5.74, 6) is 1.36. The Balaban J connectivity index is 0.000000444. The fourth-order valence-electron chi connectivity index (χ4n) is 4.58. The fraction of sp³-hybridized carbons (Fsp3) is 0.258. The molecule has 3 aromatic carbocycles. The minimum absolute atomic E-state index is 0. The number of carbonyl (C=O) groups excluding carboxylic acids is 1. The van der Waals surface area contributed by atoms with Gasteiger partial charge in [-0.05, 0) is 27.7 Å². The molecular formula is C31H33IrN2O3Si-. The Kier molecular flexibility index (Phi) is 8.77. The Morgan fingerprint density at radius 3 is 2.34 bits per heavy atom. The number of ketones is 1. The molecule has 7 heteroatoms. The average molecular weight is 702 g/mol. The summed E-state index contributed by atoms with van der Waals surface area (Å²) in [7, 11) is -1.57. The van der Waals surface area contributed by atoms with Crippen LogP contribution >= 0.6 is 0 Å². The Morgan fingerprint density at radius 1 is 1.05 bits per heavy atom. The number of rotatable bonds is 3. The van der Waals surface area contributed by atoms with Crippen molar-refractivity contribution < 1.29 is 34.7 Å². The van der Waals surface area contributed by atoms with Crippen LogP contribution in [0.3, 0.4) is 0 Å². The van der Waals surface area contributed by atoms with Gasteiger partial charge in [-0.25, -0.2) is 0 Å². The van der Waals surface area contributed by atoms with Crippen molar-refractivity contribution in [2.45, 2.75) is 52.9 Å². The smallest absolute Gasteiger partial charge is 0.163 e. The summed E-state index contributed by atoms with van der Waals surface area (Å²) < 4.78 is 6.26. The van der Waals surface area contributed by atoms with E-state index in [1.807, 2.05) is 12.3 Å². The van der Waals surface area contributed by atoms with Gasteiger partial charge in [-0.1, -0.05) is 73.1 Å². The van der Waals surface area contributed by atoms with Crippen LogP contribution in [0.2, 0.25) is 19.6 Å². The number of nitrogens with zero attached hydrogens (tertiary/aromatic N) is 2. The molecule has 0 aliphatic carbocycles. The third-order valence-electron chi connectivity index (χ3n) is 6.19. The maximum absolute atomic E-state index is 10.0. The van der Waals surface area contributed by atoms with Gasteiger partial charge in [0, 0.05) is 37.3 Å². The van der Waals surface area contributed by atoms with E-state index < -0.39 is 13.7 Å². The Bertz CT molecular complexity index is 1520. The summed E-state index contributed by atoms with van der Waals surface area (Å²) in [6.45, 7) is 14.1. The summed E-state index contributed by atoms with van der Waals surface area (Å²) in [5.41, 5.74) is 3.64. The van der Waals surface area contributed by atoms with Gasteiger partial charge in [0.25, 0.3) is 0 Å². The SMILES string of the molecule is CC(=O)/C=C(/C)O.CC1(C)Oc2cnc(-c3[c-]c4ccccc4c([Si](C)(C)C)c3)nc2-c2ccccc21.[Ir]. The molecule has 0 saturated heterocycles. The predicted molar refractivity (Wildman–Crippen MR) is 153 cm³/mol. The van der Waals surface area contributed by atoms with E-state index >= 15 is 0 Å². The van der Waals surface area contributed by atoms with E-state index in [4.69, 9.17) is 14.8 Å². The number of allylic oxidation sites excluding steroid dienone is 2. The molecule has 0 amide bonds. The molecule has 1 radical (unpaired) electrons.